The maximum absolute atomic E-state index is 14.4. The number of hydrogen-bond donors (Lipinski definition) is 3. The molecule has 43 heavy (non-hydrogen) atoms. The van der Waals surface area contributed by atoms with E-state index in [1.54, 1.807) is 52.0 Å². The van der Waals surface area contributed by atoms with Gasteiger partial charge in [-0.15, -0.1) is 6.42 Å². The molecule has 11 heteroatoms. The number of primary amides is 1. The second-order valence-corrected chi connectivity index (χ2v) is 11.7. The van der Waals surface area contributed by atoms with E-state index in [0.717, 1.165) is 6.42 Å². The number of nitrogens with one attached hydrogen (secondary N) is 2. The smallest absolute Gasteiger partial charge is 0.408 e. The fourth-order valence-electron chi connectivity index (χ4n) is 4.39. The zero-order valence-electron chi connectivity index (χ0n) is 26.5. The van der Waals surface area contributed by atoms with Crippen LogP contribution in [0.2, 0.25) is 0 Å². The standard InChI is InChI=1S/C32H48N4O7/c1-9-23-13-11-12-14-24(23)28(29(39)34-20-19-27(38)42-10-2)36(22(5)16-15-21(3)4)30(40)25(17-18-26(33)37)35-31(41)43-32(6,7)8/h1,11-14,21-22,25,28H,10,15-20H2,2-8H3,(H2,33,37)(H,34,39)(H,35,41). The van der Waals surface area contributed by atoms with Crippen LogP contribution in [0.5, 0.6) is 0 Å². The fraction of sp³-hybridized carbons (Fsp3) is 0.594. The van der Waals surface area contributed by atoms with Crippen LogP contribution in [-0.4, -0.2) is 65.5 Å². The average molecular weight is 601 g/mol. The van der Waals surface area contributed by atoms with Gasteiger partial charge < -0.3 is 30.7 Å². The molecule has 1 aromatic carbocycles. The second-order valence-electron chi connectivity index (χ2n) is 11.7. The summed E-state index contributed by atoms with van der Waals surface area (Å²) in [5, 5.41) is 5.33. The highest BCUT2D eigenvalue weighted by molar-refractivity contribution is 5.93. The number of hydrogen-bond acceptors (Lipinski definition) is 7. The van der Waals surface area contributed by atoms with Gasteiger partial charge in [-0.25, -0.2) is 4.79 Å². The Hall–Kier alpha value is -4.07. The lowest BCUT2D eigenvalue weighted by Gasteiger charge is -2.39. The van der Waals surface area contributed by atoms with Gasteiger partial charge in [-0.2, -0.15) is 0 Å². The third-order valence-corrected chi connectivity index (χ3v) is 6.43. The quantitative estimate of drug-likeness (QED) is 0.193. The van der Waals surface area contributed by atoms with E-state index < -0.39 is 53.5 Å². The van der Waals surface area contributed by atoms with Crippen molar-refractivity contribution in [3.63, 3.8) is 0 Å². The van der Waals surface area contributed by atoms with Crippen molar-refractivity contribution in [3.05, 3.63) is 35.4 Å². The molecule has 11 nitrogen and oxygen atoms in total. The van der Waals surface area contributed by atoms with Gasteiger partial charge in [0.05, 0.1) is 13.0 Å². The summed E-state index contributed by atoms with van der Waals surface area (Å²) in [7, 11) is 0. The first-order valence-electron chi connectivity index (χ1n) is 14.7. The molecule has 4 amide bonds. The van der Waals surface area contributed by atoms with Crippen LogP contribution in [0.15, 0.2) is 24.3 Å². The van der Waals surface area contributed by atoms with Crippen LogP contribution < -0.4 is 16.4 Å². The minimum Gasteiger partial charge on any atom is -0.466 e. The number of carbonyl (C=O) groups is 5. The van der Waals surface area contributed by atoms with Gasteiger partial charge in [-0.3, -0.25) is 19.2 Å². The van der Waals surface area contributed by atoms with E-state index in [4.69, 9.17) is 21.6 Å². The average Bonchev–Trinajstić information content (AvgIpc) is 2.91. The highest BCUT2D eigenvalue weighted by atomic mass is 16.6. The Morgan fingerprint density at radius 1 is 1.02 bits per heavy atom. The van der Waals surface area contributed by atoms with Crippen LogP contribution in [0, 0.1) is 18.3 Å². The predicted molar refractivity (Wildman–Crippen MR) is 163 cm³/mol. The summed E-state index contributed by atoms with van der Waals surface area (Å²) in [6.07, 6.45) is 5.84. The largest absolute Gasteiger partial charge is 0.466 e. The van der Waals surface area contributed by atoms with Crippen LogP contribution in [0.25, 0.3) is 0 Å². The van der Waals surface area contributed by atoms with Gasteiger partial charge in [-0.05, 0) is 71.4 Å². The first-order valence-corrected chi connectivity index (χ1v) is 14.7. The minimum absolute atomic E-state index is 0.0317. The predicted octanol–water partition coefficient (Wildman–Crippen LogP) is 3.59. The molecule has 0 aliphatic rings. The highest BCUT2D eigenvalue weighted by Crippen LogP contribution is 2.30. The number of amides is 4. The number of esters is 1. The Balaban J connectivity index is 3.68. The SMILES string of the molecule is C#Cc1ccccc1C(C(=O)NCCC(=O)OCC)N(C(=O)C(CCC(N)=O)NC(=O)OC(C)(C)C)C(C)CCC(C)C. The Morgan fingerprint density at radius 3 is 2.23 bits per heavy atom. The minimum atomic E-state index is -1.24. The van der Waals surface area contributed by atoms with Crippen molar-refractivity contribution in [2.75, 3.05) is 13.2 Å². The van der Waals surface area contributed by atoms with Gasteiger partial charge in [0.2, 0.25) is 17.7 Å². The van der Waals surface area contributed by atoms with Crippen molar-refractivity contribution in [2.45, 2.75) is 104 Å². The van der Waals surface area contributed by atoms with E-state index in [0.29, 0.717) is 23.5 Å². The van der Waals surface area contributed by atoms with Gasteiger partial charge >= 0.3 is 12.1 Å². The summed E-state index contributed by atoms with van der Waals surface area (Å²) in [5.41, 5.74) is 5.34. The lowest BCUT2D eigenvalue weighted by atomic mass is 9.94. The van der Waals surface area contributed by atoms with Gasteiger partial charge in [0, 0.05) is 24.6 Å². The molecule has 0 saturated heterocycles. The highest BCUT2D eigenvalue weighted by Gasteiger charge is 2.39. The molecule has 1 aromatic rings. The van der Waals surface area contributed by atoms with Crippen LogP contribution in [0.1, 0.15) is 97.7 Å². The van der Waals surface area contributed by atoms with E-state index in [1.807, 2.05) is 20.8 Å². The van der Waals surface area contributed by atoms with Crippen LogP contribution in [-0.2, 0) is 28.7 Å². The second kappa shape index (κ2) is 17.8. The number of nitrogens with two attached hydrogens (primary N) is 1. The van der Waals surface area contributed by atoms with Crippen molar-refractivity contribution in [1.82, 2.24) is 15.5 Å². The van der Waals surface area contributed by atoms with Crippen molar-refractivity contribution in [1.29, 1.82) is 0 Å². The molecule has 0 spiro atoms. The Kier molecular flexibility index (Phi) is 15.3. The molecule has 0 fully saturated rings. The van der Waals surface area contributed by atoms with Gasteiger partial charge in [0.1, 0.15) is 17.7 Å². The topological polar surface area (TPSA) is 157 Å². The summed E-state index contributed by atoms with van der Waals surface area (Å²) in [6, 6.07) is 3.80. The lowest BCUT2D eigenvalue weighted by Crippen LogP contribution is -2.56. The van der Waals surface area contributed by atoms with Gasteiger partial charge in [-0.1, -0.05) is 38.0 Å². The molecular weight excluding hydrogens is 552 g/mol. The molecular formula is C32H48N4O7. The molecule has 238 valence electrons. The maximum Gasteiger partial charge on any atom is 0.408 e. The molecule has 4 N–H and O–H groups in total. The molecule has 0 radical (unpaired) electrons. The fourth-order valence-corrected chi connectivity index (χ4v) is 4.39. The van der Waals surface area contributed by atoms with E-state index >= 15 is 0 Å². The van der Waals surface area contributed by atoms with E-state index in [9.17, 15) is 24.0 Å². The Bertz CT molecular complexity index is 1150. The van der Waals surface area contributed by atoms with Crippen LogP contribution in [0.4, 0.5) is 4.79 Å². The summed E-state index contributed by atoms with van der Waals surface area (Å²) < 4.78 is 10.3. The number of carbonyl (C=O) groups excluding carboxylic acids is 5. The van der Waals surface area contributed by atoms with Crippen molar-refractivity contribution < 1.29 is 33.4 Å². The van der Waals surface area contributed by atoms with Crippen molar-refractivity contribution in [3.8, 4) is 12.3 Å². The number of benzene rings is 1. The van der Waals surface area contributed by atoms with Crippen molar-refractivity contribution in [2.24, 2.45) is 11.7 Å². The number of ether oxygens (including phenoxy) is 2. The first-order chi connectivity index (χ1) is 20.1. The summed E-state index contributed by atoms with van der Waals surface area (Å²) in [4.78, 5) is 66.2. The normalized spacial score (nSPS) is 13.2. The molecule has 0 aliphatic heterocycles. The lowest BCUT2D eigenvalue weighted by molar-refractivity contribution is -0.146. The summed E-state index contributed by atoms with van der Waals surface area (Å²) in [6.45, 7) is 12.8. The number of terminal acetylenes is 1. The number of rotatable bonds is 16. The Morgan fingerprint density at radius 2 is 1.67 bits per heavy atom. The third-order valence-electron chi connectivity index (χ3n) is 6.43. The van der Waals surface area contributed by atoms with Crippen LogP contribution >= 0.6 is 0 Å². The van der Waals surface area contributed by atoms with Crippen LogP contribution in [0.3, 0.4) is 0 Å². The molecule has 3 atom stereocenters. The zero-order chi connectivity index (χ0) is 32.7. The maximum atomic E-state index is 14.4. The van der Waals surface area contributed by atoms with Gasteiger partial charge in [0.25, 0.3) is 0 Å². The van der Waals surface area contributed by atoms with E-state index in [2.05, 4.69) is 16.6 Å². The van der Waals surface area contributed by atoms with E-state index in [-0.39, 0.29) is 32.4 Å². The zero-order valence-corrected chi connectivity index (χ0v) is 26.5. The molecule has 0 heterocycles. The number of alkyl carbamates (subject to hydrolysis) is 1. The first kappa shape index (κ1) is 37.0. The monoisotopic (exact) mass is 600 g/mol. The summed E-state index contributed by atoms with van der Waals surface area (Å²) >= 11 is 0. The van der Waals surface area contributed by atoms with E-state index in [1.165, 1.54) is 4.90 Å². The molecule has 1 rings (SSSR count). The van der Waals surface area contributed by atoms with Crippen molar-refractivity contribution >= 4 is 29.8 Å². The van der Waals surface area contributed by atoms with Gasteiger partial charge in [0.15, 0.2) is 0 Å². The molecule has 0 aliphatic carbocycles. The molecule has 0 saturated carbocycles. The Labute approximate surface area is 255 Å². The molecule has 0 aromatic heterocycles. The molecule has 0 bridgehead atoms. The number of nitrogens with zero attached hydrogens (tertiary/aromatic N) is 1. The molecule has 3 unspecified atom stereocenters. The third kappa shape index (κ3) is 13.2. The summed E-state index contributed by atoms with van der Waals surface area (Å²) in [5.74, 6) is 0.582.